The highest BCUT2D eigenvalue weighted by Gasteiger charge is 2.26. The molecule has 0 radical (unpaired) electrons. The Bertz CT molecular complexity index is 2260. The summed E-state index contributed by atoms with van der Waals surface area (Å²) in [6.45, 7) is 0. The Morgan fingerprint density at radius 1 is 0.346 bits per heavy atom. The number of nitrogens with zero attached hydrogens (tertiary/aromatic N) is 8. The SMILES string of the molecule is c1ccc(N=Nc2c(-c3ccccc3)nn(-c3ccccc3)c2SSc2c(N=Nc3ccccc3)c(-c3ccccc3)nn2-c2ccccc2)cc1. The zero-order chi connectivity index (χ0) is 35.0. The number of rotatable bonds is 11. The van der Waals surface area contributed by atoms with Gasteiger partial charge in [0.2, 0.25) is 0 Å². The van der Waals surface area contributed by atoms with Crippen LogP contribution in [0.4, 0.5) is 22.7 Å². The molecule has 0 aliphatic carbocycles. The lowest BCUT2D eigenvalue weighted by molar-refractivity contribution is 0.804. The Kier molecular flexibility index (Phi) is 9.90. The molecular weight excluding hydrogens is 681 g/mol. The van der Waals surface area contributed by atoms with E-state index in [1.807, 2.05) is 191 Å². The first-order chi connectivity index (χ1) is 25.8. The monoisotopic (exact) mass is 710 g/mol. The molecule has 8 nitrogen and oxygen atoms in total. The Hall–Kier alpha value is -6.36. The zero-order valence-corrected chi connectivity index (χ0v) is 29.3. The fourth-order valence-corrected chi connectivity index (χ4v) is 7.87. The van der Waals surface area contributed by atoms with Crippen LogP contribution < -0.4 is 0 Å². The lowest BCUT2D eigenvalue weighted by Crippen LogP contribution is -1.99. The molecule has 0 atom stereocenters. The number of aromatic nitrogens is 4. The second kappa shape index (κ2) is 15.7. The topological polar surface area (TPSA) is 85.1 Å². The van der Waals surface area contributed by atoms with Crippen LogP contribution in [0.3, 0.4) is 0 Å². The zero-order valence-electron chi connectivity index (χ0n) is 27.7. The summed E-state index contributed by atoms with van der Waals surface area (Å²) in [5.74, 6) is 0. The number of para-hydroxylation sites is 2. The van der Waals surface area contributed by atoms with Crippen LogP contribution in [-0.2, 0) is 0 Å². The van der Waals surface area contributed by atoms with Gasteiger partial charge in [-0.15, -0.1) is 10.2 Å². The molecule has 10 heteroatoms. The average molecular weight is 711 g/mol. The van der Waals surface area contributed by atoms with Crippen LogP contribution in [0.2, 0.25) is 0 Å². The van der Waals surface area contributed by atoms with Crippen molar-refractivity contribution in [3.63, 3.8) is 0 Å². The highest BCUT2D eigenvalue weighted by molar-refractivity contribution is 8.76. The summed E-state index contributed by atoms with van der Waals surface area (Å²) in [6.07, 6.45) is 0. The van der Waals surface area contributed by atoms with Gasteiger partial charge in [0.1, 0.15) is 32.8 Å². The minimum Gasteiger partial charge on any atom is -0.223 e. The highest BCUT2D eigenvalue weighted by Crippen LogP contribution is 2.51. The van der Waals surface area contributed by atoms with Crippen LogP contribution in [-0.4, -0.2) is 19.6 Å². The van der Waals surface area contributed by atoms with E-state index in [-0.39, 0.29) is 0 Å². The summed E-state index contributed by atoms with van der Waals surface area (Å²) in [6, 6.07) is 59.8. The first kappa shape index (κ1) is 32.8. The molecule has 6 aromatic carbocycles. The molecule has 0 saturated heterocycles. The van der Waals surface area contributed by atoms with Crippen LogP contribution in [0.15, 0.2) is 212 Å². The van der Waals surface area contributed by atoms with Gasteiger partial charge in [0.15, 0.2) is 0 Å². The molecule has 8 rings (SSSR count). The summed E-state index contributed by atoms with van der Waals surface area (Å²) >= 11 is 0. The first-order valence-electron chi connectivity index (χ1n) is 16.6. The van der Waals surface area contributed by atoms with Gasteiger partial charge in [0.05, 0.1) is 22.7 Å². The maximum absolute atomic E-state index is 5.17. The smallest absolute Gasteiger partial charge is 0.147 e. The molecule has 250 valence electrons. The maximum atomic E-state index is 5.17. The van der Waals surface area contributed by atoms with Crippen LogP contribution in [0.5, 0.6) is 0 Å². The quantitative estimate of drug-likeness (QED) is 0.0988. The molecule has 0 bridgehead atoms. The van der Waals surface area contributed by atoms with Crippen molar-refractivity contribution in [2.24, 2.45) is 20.5 Å². The van der Waals surface area contributed by atoms with Crippen molar-refractivity contribution in [1.82, 2.24) is 19.6 Å². The van der Waals surface area contributed by atoms with E-state index in [0.29, 0.717) is 11.4 Å². The molecule has 0 saturated carbocycles. The van der Waals surface area contributed by atoms with Gasteiger partial charge in [0.25, 0.3) is 0 Å². The number of hydrogen-bond acceptors (Lipinski definition) is 8. The molecule has 2 aromatic heterocycles. The van der Waals surface area contributed by atoms with E-state index in [1.54, 1.807) is 0 Å². The van der Waals surface area contributed by atoms with Crippen LogP contribution >= 0.6 is 21.6 Å². The lowest BCUT2D eigenvalue weighted by Gasteiger charge is -2.09. The summed E-state index contributed by atoms with van der Waals surface area (Å²) in [5.41, 5.74) is 7.90. The van der Waals surface area contributed by atoms with Gasteiger partial charge in [0, 0.05) is 11.1 Å². The van der Waals surface area contributed by atoms with Gasteiger partial charge in [-0.05, 0) is 70.1 Å². The molecule has 0 aliphatic rings. The number of hydrogen-bond donors (Lipinski definition) is 0. The van der Waals surface area contributed by atoms with Crippen LogP contribution in [0.1, 0.15) is 0 Å². The largest absolute Gasteiger partial charge is 0.223 e. The van der Waals surface area contributed by atoms with Gasteiger partial charge in [-0.1, -0.05) is 133 Å². The highest BCUT2D eigenvalue weighted by atomic mass is 33.1. The Morgan fingerprint density at radius 3 is 1.00 bits per heavy atom. The summed E-state index contributed by atoms with van der Waals surface area (Å²) < 4.78 is 3.87. The molecule has 0 spiro atoms. The summed E-state index contributed by atoms with van der Waals surface area (Å²) in [5, 5.41) is 31.0. The van der Waals surface area contributed by atoms with E-state index < -0.39 is 0 Å². The Morgan fingerprint density at radius 2 is 0.654 bits per heavy atom. The van der Waals surface area contributed by atoms with Crippen molar-refractivity contribution in [3.05, 3.63) is 182 Å². The van der Waals surface area contributed by atoms with E-state index in [1.165, 1.54) is 21.6 Å². The van der Waals surface area contributed by atoms with Gasteiger partial charge in [-0.2, -0.15) is 20.4 Å². The Labute approximate surface area is 309 Å². The lowest BCUT2D eigenvalue weighted by atomic mass is 10.1. The molecule has 0 N–H and O–H groups in total. The fraction of sp³-hybridized carbons (Fsp3) is 0. The second-order valence-corrected chi connectivity index (χ2v) is 13.6. The van der Waals surface area contributed by atoms with E-state index >= 15 is 0 Å². The fourth-order valence-electron chi connectivity index (χ4n) is 5.47. The Balaban J connectivity index is 1.31. The minimum absolute atomic E-state index is 0.651. The maximum Gasteiger partial charge on any atom is 0.147 e. The van der Waals surface area contributed by atoms with Crippen molar-refractivity contribution in [2.75, 3.05) is 0 Å². The van der Waals surface area contributed by atoms with E-state index in [9.17, 15) is 0 Å². The van der Waals surface area contributed by atoms with E-state index in [2.05, 4.69) is 10.2 Å². The van der Waals surface area contributed by atoms with Crippen LogP contribution in [0.25, 0.3) is 33.9 Å². The molecule has 0 fully saturated rings. The van der Waals surface area contributed by atoms with Crippen molar-refractivity contribution >= 4 is 44.3 Å². The molecule has 2 heterocycles. The van der Waals surface area contributed by atoms with Crippen molar-refractivity contribution in [1.29, 1.82) is 0 Å². The van der Waals surface area contributed by atoms with Gasteiger partial charge in [-0.25, -0.2) is 9.36 Å². The molecule has 0 amide bonds. The number of benzene rings is 6. The van der Waals surface area contributed by atoms with Gasteiger partial charge in [-0.3, -0.25) is 0 Å². The van der Waals surface area contributed by atoms with Crippen molar-refractivity contribution in [2.45, 2.75) is 10.1 Å². The third kappa shape index (κ3) is 7.25. The summed E-state index contributed by atoms with van der Waals surface area (Å²) in [4.78, 5) is 0. The predicted octanol–water partition coefficient (Wildman–Crippen LogP) is 13.0. The first-order valence-corrected chi connectivity index (χ1v) is 18.7. The third-order valence-corrected chi connectivity index (χ3v) is 10.3. The average Bonchev–Trinajstić information content (AvgIpc) is 3.78. The predicted molar refractivity (Wildman–Crippen MR) is 211 cm³/mol. The summed E-state index contributed by atoms with van der Waals surface area (Å²) in [7, 11) is 3.05. The van der Waals surface area contributed by atoms with E-state index in [0.717, 1.165) is 55.3 Å². The molecule has 8 aromatic rings. The molecule has 52 heavy (non-hydrogen) atoms. The second-order valence-electron chi connectivity index (χ2n) is 11.5. The molecule has 0 unspecified atom stereocenters. The number of azo groups is 2. The normalized spacial score (nSPS) is 11.5. The van der Waals surface area contributed by atoms with Crippen LogP contribution in [0, 0.1) is 0 Å². The van der Waals surface area contributed by atoms with E-state index in [4.69, 9.17) is 20.4 Å². The molecule has 0 aliphatic heterocycles. The van der Waals surface area contributed by atoms with Crippen molar-refractivity contribution < 1.29 is 0 Å². The van der Waals surface area contributed by atoms with Gasteiger partial charge < -0.3 is 0 Å². The minimum atomic E-state index is 0.651. The molecular formula is C42H30N8S2. The van der Waals surface area contributed by atoms with Crippen molar-refractivity contribution in [3.8, 4) is 33.9 Å². The van der Waals surface area contributed by atoms with Gasteiger partial charge >= 0.3 is 0 Å². The third-order valence-electron chi connectivity index (χ3n) is 7.98. The standard InChI is InChI=1S/C42H30N8S2/c1-7-19-31(20-8-1)37-39(45-43-33-23-11-3-12-24-33)41(49(47-37)35-27-15-5-16-28-35)51-52-42-40(46-44-34-25-13-4-14-26-34)38(32-21-9-2-10-22-32)48-50(42)36-29-17-6-18-30-36/h1-30H.